The lowest BCUT2D eigenvalue weighted by molar-refractivity contribution is -0.136. The SMILES string of the molecule is Cc1ccc(C[C@@H]2CCCN2C[C@@H](O)COC(C)c2c(C)cccc2CCC(=O)O)cc1F. The zero-order chi connectivity index (χ0) is 24.0. The smallest absolute Gasteiger partial charge is 0.303 e. The van der Waals surface area contributed by atoms with Gasteiger partial charge in [-0.15, -0.1) is 0 Å². The fourth-order valence-corrected chi connectivity index (χ4v) is 4.85. The Labute approximate surface area is 196 Å². The van der Waals surface area contributed by atoms with Crippen molar-refractivity contribution in [2.75, 3.05) is 19.7 Å². The molecule has 2 aromatic rings. The van der Waals surface area contributed by atoms with Gasteiger partial charge in [-0.25, -0.2) is 4.39 Å². The lowest BCUT2D eigenvalue weighted by Crippen LogP contribution is -2.39. The van der Waals surface area contributed by atoms with Crippen molar-refractivity contribution < 1.29 is 24.1 Å². The quantitative estimate of drug-likeness (QED) is 0.516. The summed E-state index contributed by atoms with van der Waals surface area (Å²) in [6.07, 6.45) is 2.54. The fraction of sp³-hybridized carbons (Fsp3) is 0.519. The van der Waals surface area contributed by atoms with Crippen LogP contribution < -0.4 is 0 Å². The van der Waals surface area contributed by atoms with Gasteiger partial charge in [-0.3, -0.25) is 9.69 Å². The molecule has 6 heteroatoms. The molecule has 180 valence electrons. The first-order chi connectivity index (χ1) is 15.7. The number of carbonyl (C=O) groups is 1. The Bertz CT molecular complexity index is 948. The van der Waals surface area contributed by atoms with Crippen molar-refractivity contribution in [2.24, 2.45) is 0 Å². The number of nitrogens with zero attached hydrogens (tertiary/aromatic N) is 1. The number of likely N-dealkylation sites (tertiary alicyclic amines) is 1. The molecule has 0 saturated carbocycles. The second-order valence-corrected chi connectivity index (χ2v) is 9.25. The molecule has 2 N–H and O–H groups in total. The third kappa shape index (κ3) is 7.10. The summed E-state index contributed by atoms with van der Waals surface area (Å²) in [4.78, 5) is 13.3. The summed E-state index contributed by atoms with van der Waals surface area (Å²) >= 11 is 0. The number of benzene rings is 2. The predicted octanol–water partition coefficient (Wildman–Crippen LogP) is 4.61. The molecule has 3 atom stereocenters. The van der Waals surface area contributed by atoms with Crippen LogP contribution in [-0.2, 0) is 22.4 Å². The summed E-state index contributed by atoms with van der Waals surface area (Å²) < 4.78 is 20.0. The van der Waals surface area contributed by atoms with Gasteiger partial charge in [0, 0.05) is 19.0 Å². The van der Waals surface area contributed by atoms with Gasteiger partial charge in [0.1, 0.15) is 5.82 Å². The third-order valence-corrected chi connectivity index (χ3v) is 6.62. The first-order valence-electron chi connectivity index (χ1n) is 11.8. The topological polar surface area (TPSA) is 70.0 Å². The largest absolute Gasteiger partial charge is 0.481 e. The number of hydrogen-bond donors (Lipinski definition) is 2. The highest BCUT2D eigenvalue weighted by Crippen LogP contribution is 2.27. The monoisotopic (exact) mass is 457 g/mol. The maximum absolute atomic E-state index is 13.9. The number of carboxylic acid groups (broad SMARTS) is 1. The zero-order valence-electron chi connectivity index (χ0n) is 19.9. The van der Waals surface area contributed by atoms with Gasteiger partial charge in [0.25, 0.3) is 0 Å². The van der Waals surface area contributed by atoms with Crippen molar-refractivity contribution in [3.63, 3.8) is 0 Å². The van der Waals surface area contributed by atoms with Crippen LogP contribution in [0.2, 0.25) is 0 Å². The van der Waals surface area contributed by atoms with Gasteiger partial charge in [0.2, 0.25) is 0 Å². The summed E-state index contributed by atoms with van der Waals surface area (Å²) in [6.45, 7) is 7.36. The molecule has 0 spiro atoms. The number of β-amino-alcohol motifs (C(OH)–C–C–N with tert-alkyl or cyclic N) is 1. The number of aryl methyl sites for hydroxylation is 3. The van der Waals surface area contributed by atoms with Crippen LogP contribution in [0, 0.1) is 19.7 Å². The van der Waals surface area contributed by atoms with Crippen LogP contribution in [-0.4, -0.2) is 52.9 Å². The van der Waals surface area contributed by atoms with Crippen molar-refractivity contribution in [3.8, 4) is 0 Å². The van der Waals surface area contributed by atoms with Gasteiger partial charge in [-0.2, -0.15) is 0 Å². The number of rotatable bonds is 11. The molecule has 0 radical (unpaired) electrons. The van der Waals surface area contributed by atoms with Crippen LogP contribution in [0.5, 0.6) is 0 Å². The summed E-state index contributed by atoms with van der Waals surface area (Å²) in [5.41, 5.74) is 4.69. The molecule has 1 aliphatic rings. The summed E-state index contributed by atoms with van der Waals surface area (Å²) in [7, 11) is 0. The Balaban J connectivity index is 1.55. The van der Waals surface area contributed by atoms with Crippen LogP contribution in [0.4, 0.5) is 4.39 Å². The third-order valence-electron chi connectivity index (χ3n) is 6.62. The summed E-state index contributed by atoms with van der Waals surface area (Å²) in [5.74, 6) is -0.988. The van der Waals surface area contributed by atoms with Crippen molar-refractivity contribution in [3.05, 3.63) is 70.0 Å². The lowest BCUT2D eigenvalue weighted by atomic mass is 9.95. The van der Waals surface area contributed by atoms with Gasteiger partial charge >= 0.3 is 5.97 Å². The van der Waals surface area contributed by atoms with Crippen molar-refractivity contribution in [2.45, 2.75) is 71.1 Å². The van der Waals surface area contributed by atoms with Crippen molar-refractivity contribution >= 4 is 5.97 Å². The van der Waals surface area contributed by atoms with E-state index in [1.807, 2.05) is 44.2 Å². The first-order valence-corrected chi connectivity index (χ1v) is 11.8. The normalized spacial score (nSPS) is 18.4. The molecule has 3 rings (SSSR count). The van der Waals surface area contributed by atoms with Crippen LogP contribution in [0.25, 0.3) is 0 Å². The van der Waals surface area contributed by atoms with E-state index < -0.39 is 12.1 Å². The number of carboxylic acids is 1. The average molecular weight is 458 g/mol. The van der Waals surface area contributed by atoms with E-state index in [-0.39, 0.29) is 31.0 Å². The molecule has 1 saturated heterocycles. The molecule has 1 fully saturated rings. The number of halogens is 1. The van der Waals surface area contributed by atoms with E-state index in [1.54, 1.807) is 13.0 Å². The molecule has 5 nitrogen and oxygen atoms in total. The second-order valence-electron chi connectivity index (χ2n) is 9.25. The van der Waals surface area contributed by atoms with Gasteiger partial charge < -0.3 is 14.9 Å². The van der Waals surface area contributed by atoms with Gasteiger partial charge in [0.05, 0.1) is 18.8 Å². The maximum Gasteiger partial charge on any atom is 0.303 e. The van der Waals surface area contributed by atoms with E-state index in [0.29, 0.717) is 18.5 Å². The minimum absolute atomic E-state index is 0.0764. The van der Waals surface area contributed by atoms with Crippen molar-refractivity contribution in [1.29, 1.82) is 0 Å². The van der Waals surface area contributed by atoms with Gasteiger partial charge in [0.15, 0.2) is 0 Å². The number of hydrogen-bond acceptors (Lipinski definition) is 4. The van der Waals surface area contributed by atoms with Gasteiger partial charge in [-0.1, -0.05) is 30.3 Å². The summed E-state index contributed by atoms with van der Waals surface area (Å²) in [6, 6.07) is 11.6. The van der Waals surface area contributed by atoms with Crippen LogP contribution in [0.3, 0.4) is 0 Å². The molecule has 33 heavy (non-hydrogen) atoms. The first kappa shape index (κ1) is 25.3. The summed E-state index contributed by atoms with van der Waals surface area (Å²) in [5, 5.41) is 19.7. The number of aliphatic hydroxyl groups is 1. The fourth-order valence-electron chi connectivity index (χ4n) is 4.85. The molecule has 1 unspecified atom stereocenters. The predicted molar refractivity (Wildman–Crippen MR) is 127 cm³/mol. The molecule has 0 aromatic heterocycles. The molecule has 0 aliphatic carbocycles. The molecule has 2 aromatic carbocycles. The minimum atomic E-state index is -0.819. The molecule has 0 amide bonds. The standard InChI is InChI=1S/C27H36FNO4/c1-18-9-10-21(15-25(18)28)14-23-8-5-13-29(23)16-24(30)17-33-20(3)27-19(2)6-4-7-22(27)11-12-26(31)32/h4,6-7,9-10,15,20,23-24,30H,5,8,11-14,16-17H2,1-3H3,(H,31,32)/t20?,23-,24+/m0/s1. The van der Waals surface area contributed by atoms with E-state index >= 15 is 0 Å². The molecule has 1 heterocycles. The Morgan fingerprint density at radius 3 is 2.76 bits per heavy atom. The molecular formula is C27H36FNO4. The minimum Gasteiger partial charge on any atom is -0.481 e. The molecular weight excluding hydrogens is 421 g/mol. The van der Waals surface area contributed by atoms with Crippen molar-refractivity contribution in [1.82, 2.24) is 4.90 Å². The Hall–Kier alpha value is -2.28. The van der Waals surface area contributed by atoms with Crippen LogP contribution in [0.1, 0.15) is 60.1 Å². The number of aliphatic carboxylic acids is 1. The number of aliphatic hydroxyl groups excluding tert-OH is 1. The van der Waals surface area contributed by atoms with E-state index in [4.69, 9.17) is 9.84 Å². The Morgan fingerprint density at radius 2 is 2.03 bits per heavy atom. The Kier molecular flexibility index (Phi) is 9.01. The zero-order valence-corrected chi connectivity index (χ0v) is 19.9. The second kappa shape index (κ2) is 11.7. The highest BCUT2D eigenvalue weighted by Gasteiger charge is 2.27. The Morgan fingerprint density at radius 1 is 1.24 bits per heavy atom. The van der Waals surface area contributed by atoms with Crippen LogP contribution >= 0.6 is 0 Å². The van der Waals surface area contributed by atoms with E-state index in [1.165, 1.54) is 0 Å². The molecule has 0 bridgehead atoms. The lowest BCUT2D eigenvalue weighted by Gasteiger charge is -2.28. The highest BCUT2D eigenvalue weighted by atomic mass is 19.1. The van der Waals surface area contributed by atoms with E-state index in [2.05, 4.69) is 4.90 Å². The van der Waals surface area contributed by atoms with E-state index in [9.17, 15) is 14.3 Å². The average Bonchev–Trinajstić information content (AvgIpc) is 3.19. The number of ether oxygens (including phenoxy) is 1. The molecule has 1 aliphatic heterocycles. The van der Waals surface area contributed by atoms with Gasteiger partial charge in [-0.05, 0) is 86.9 Å². The maximum atomic E-state index is 13.9. The highest BCUT2D eigenvalue weighted by molar-refractivity contribution is 5.67. The van der Waals surface area contributed by atoms with E-state index in [0.717, 1.165) is 48.1 Å². The van der Waals surface area contributed by atoms with Crippen LogP contribution in [0.15, 0.2) is 36.4 Å².